The second-order valence-corrected chi connectivity index (χ2v) is 3.65. The molecule has 0 aromatic heterocycles. The number of aliphatic hydroxyl groups excluding tert-OH is 1. The zero-order chi connectivity index (χ0) is 11.7. The van der Waals surface area contributed by atoms with Gasteiger partial charge in [0.2, 0.25) is 5.91 Å². The minimum atomic E-state index is 0.0546. The zero-order valence-electron chi connectivity index (χ0n) is 10.1. The van der Waals surface area contributed by atoms with Crippen LogP contribution < -0.4 is 5.32 Å². The van der Waals surface area contributed by atoms with Crippen molar-refractivity contribution in [2.45, 2.75) is 39.7 Å². The van der Waals surface area contributed by atoms with E-state index in [2.05, 4.69) is 10.2 Å². The Bertz CT molecular complexity index is 170. The molecule has 0 rings (SSSR count). The highest BCUT2D eigenvalue weighted by molar-refractivity contribution is 5.78. The Morgan fingerprint density at radius 1 is 1.33 bits per heavy atom. The summed E-state index contributed by atoms with van der Waals surface area (Å²) in [6.45, 7) is 8.46. The molecule has 0 saturated carbocycles. The van der Waals surface area contributed by atoms with E-state index in [1.165, 1.54) is 0 Å². The van der Waals surface area contributed by atoms with Gasteiger partial charge in [0.05, 0.1) is 6.54 Å². The lowest BCUT2D eigenvalue weighted by Crippen LogP contribution is -2.42. The summed E-state index contributed by atoms with van der Waals surface area (Å²) >= 11 is 0. The van der Waals surface area contributed by atoms with Gasteiger partial charge in [-0.1, -0.05) is 20.8 Å². The van der Waals surface area contributed by atoms with Crippen molar-refractivity contribution in [2.75, 3.05) is 26.2 Å². The van der Waals surface area contributed by atoms with Gasteiger partial charge in [-0.25, -0.2) is 0 Å². The van der Waals surface area contributed by atoms with Crippen molar-refractivity contribution in [1.29, 1.82) is 0 Å². The summed E-state index contributed by atoms with van der Waals surface area (Å²) in [4.78, 5) is 13.7. The monoisotopic (exact) mass is 216 g/mol. The molecule has 2 N–H and O–H groups in total. The predicted molar refractivity (Wildman–Crippen MR) is 61.7 cm³/mol. The number of amides is 1. The van der Waals surface area contributed by atoms with Crippen molar-refractivity contribution in [1.82, 2.24) is 10.2 Å². The summed E-state index contributed by atoms with van der Waals surface area (Å²) < 4.78 is 0. The van der Waals surface area contributed by atoms with Crippen LogP contribution >= 0.6 is 0 Å². The van der Waals surface area contributed by atoms with Crippen molar-refractivity contribution in [3.05, 3.63) is 0 Å². The SMILES string of the molecule is CCC(CCO)NC(=O)CN(CC)CC. The maximum Gasteiger partial charge on any atom is 0.234 e. The molecule has 0 heterocycles. The molecular formula is C11H24N2O2. The number of rotatable bonds is 8. The average Bonchev–Trinajstić information content (AvgIpc) is 2.25. The molecule has 1 unspecified atom stereocenters. The highest BCUT2D eigenvalue weighted by Crippen LogP contribution is 1.96. The van der Waals surface area contributed by atoms with E-state index in [1.807, 2.05) is 20.8 Å². The molecule has 0 aliphatic rings. The number of hydrogen-bond acceptors (Lipinski definition) is 3. The van der Waals surface area contributed by atoms with Gasteiger partial charge < -0.3 is 10.4 Å². The molecular weight excluding hydrogens is 192 g/mol. The van der Waals surface area contributed by atoms with E-state index in [1.54, 1.807) is 0 Å². The van der Waals surface area contributed by atoms with E-state index in [0.29, 0.717) is 13.0 Å². The molecule has 0 aromatic carbocycles. The molecule has 0 aliphatic carbocycles. The van der Waals surface area contributed by atoms with Crippen molar-refractivity contribution in [3.63, 3.8) is 0 Å². The van der Waals surface area contributed by atoms with Gasteiger partial charge >= 0.3 is 0 Å². The summed E-state index contributed by atoms with van der Waals surface area (Å²) in [5, 5.41) is 11.7. The first-order chi connectivity index (χ1) is 7.17. The van der Waals surface area contributed by atoms with E-state index < -0.39 is 0 Å². The van der Waals surface area contributed by atoms with Crippen LogP contribution in [-0.2, 0) is 4.79 Å². The minimum absolute atomic E-state index is 0.0546. The van der Waals surface area contributed by atoms with E-state index in [4.69, 9.17) is 5.11 Å². The summed E-state index contributed by atoms with van der Waals surface area (Å²) in [5.41, 5.74) is 0. The number of nitrogens with zero attached hydrogens (tertiary/aromatic N) is 1. The molecule has 0 aromatic rings. The molecule has 15 heavy (non-hydrogen) atoms. The number of carbonyl (C=O) groups excluding carboxylic acids is 1. The summed E-state index contributed by atoms with van der Waals surface area (Å²) in [6, 6.07) is 0.109. The van der Waals surface area contributed by atoms with Gasteiger partial charge in [-0.2, -0.15) is 0 Å². The van der Waals surface area contributed by atoms with Gasteiger partial charge in [0.25, 0.3) is 0 Å². The van der Waals surface area contributed by atoms with Crippen LogP contribution in [0.4, 0.5) is 0 Å². The third-order valence-corrected chi connectivity index (χ3v) is 2.60. The molecule has 4 nitrogen and oxygen atoms in total. The number of hydrogen-bond donors (Lipinski definition) is 2. The fourth-order valence-corrected chi connectivity index (χ4v) is 1.46. The number of aliphatic hydroxyl groups is 1. The fraction of sp³-hybridized carbons (Fsp3) is 0.909. The van der Waals surface area contributed by atoms with Crippen molar-refractivity contribution in [3.8, 4) is 0 Å². The second kappa shape index (κ2) is 8.68. The van der Waals surface area contributed by atoms with Crippen LogP contribution in [0.2, 0.25) is 0 Å². The van der Waals surface area contributed by atoms with E-state index >= 15 is 0 Å². The van der Waals surface area contributed by atoms with Crippen LogP contribution in [0, 0.1) is 0 Å². The highest BCUT2D eigenvalue weighted by Gasteiger charge is 2.11. The van der Waals surface area contributed by atoms with E-state index in [9.17, 15) is 4.79 Å². The molecule has 1 amide bonds. The normalized spacial score (nSPS) is 12.9. The fourth-order valence-electron chi connectivity index (χ4n) is 1.46. The van der Waals surface area contributed by atoms with E-state index in [0.717, 1.165) is 19.5 Å². The lowest BCUT2D eigenvalue weighted by molar-refractivity contribution is -0.123. The first-order valence-corrected chi connectivity index (χ1v) is 5.80. The summed E-state index contributed by atoms with van der Waals surface area (Å²) in [7, 11) is 0. The average molecular weight is 216 g/mol. The number of nitrogens with one attached hydrogen (secondary N) is 1. The highest BCUT2D eigenvalue weighted by atomic mass is 16.3. The summed E-state index contributed by atoms with van der Waals surface area (Å²) in [5.74, 6) is 0.0546. The van der Waals surface area contributed by atoms with Gasteiger partial charge in [0.1, 0.15) is 0 Å². The quantitative estimate of drug-likeness (QED) is 0.625. The Hall–Kier alpha value is -0.610. The smallest absolute Gasteiger partial charge is 0.234 e. The number of likely N-dealkylation sites (N-methyl/N-ethyl adjacent to an activating group) is 1. The molecule has 0 aliphatic heterocycles. The summed E-state index contributed by atoms with van der Waals surface area (Å²) in [6.07, 6.45) is 1.51. The van der Waals surface area contributed by atoms with Gasteiger partial charge in [-0.05, 0) is 25.9 Å². The van der Waals surface area contributed by atoms with Crippen LogP contribution in [0.15, 0.2) is 0 Å². The Morgan fingerprint density at radius 2 is 1.93 bits per heavy atom. The second-order valence-electron chi connectivity index (χ2n) is 3.65. The Morgan fingerprint density at radius 3 is 2.33 bits per heavy atom. The number of carbonyl (C=O) groups is 1. The van der Waals surface area contributed by atoms with Crippen LogP contribution in [0.25, 0.3) is 0 Å². The molecule has 0 spiro atoms. The van der Waals surface area contributed by atoms with Crippen LogP contribution in [-0.4, -0.2) is 48.2 Å². The lowest BCUT2D eigenvalue weighted by Gasteiger charge is -2.20. The molecule has 4 heteroatoms. The van der Waals surface area contributed by atoms with Gasteiger partial charge in [-0.3, -0.25) is 9.69 Å². The van der Waals surface area contributed by atoms with Crippen LogP contribution in [0.1, 0.15) is 33.6 Å². The van der Waals surface area contributed by atoms with Crippen LogP contribution in [0.3, 0.4) is 0 Å². The third-order valence-electron chi connectivity index (χ3n) is 2.60. The molecule has 0 fully saturated rings. The Labute approximate surface area is 92.7 Å². The zero-order valence-corrected chi connectivity index (χ0v) is 10.1. The topological polar surface area (TPSA) is 52.6 Å². The minimum Gasteiger partial charge on any atom is -0.396 e. The van der Waals surface area contributed by atoms with Crippen LogP contribution in [0.5, 0.6) is 0 Å². The van der Waals surface area contributed by atoms with Crippen molar-refractivity contribution >= 4 is 5.91 Å². The van der Waals surface area contributed by atoms with Gasteiger partial charge in [-0.15, -0.1) is 0 Å². The first kappa shape index (κ1) is 14.4. The predicted octanol–water partition coefficient (Wildman–Crippen LogP) is 0.605. The molecule has 0 radical (unpaired) electrons. The van der Waals surface area contributed by atoms with Gasteiger partial charge in [0, 0.05) is 12.6 Å². The van der Waals surface area contributed by atoms with Crippen molar-refractivity contribution in [2.24, 2.45) is 0 Å². The molecule has 0 bridgehead atoms. The molecule has 0 saturated heterocycles. The largest absolute Gasteiger partial charge is 0.396 e. The Kier molecular flexibility index (Phi) is 8.33. The lowest BCUT2D eigenvalue weighted by atomic mass is 10.1. The van der Waals surface area contributed by atoms with Gasteiger partial charge in [0.15, 0.2) is 0 Å². The first-order valence-electron chi connectivity index (χ1n) is 5.80. The van der Waals surface area contributed by atoms with E-state index in [-0.39, 0.29) is 18.6 Å². The molecule has 1 atom stereocenters. The van der Waals surface area contributed by atoms with Crippen molar-refractivity contribution < 1.29 is 9.90 Å². The maximum atomic E-state index is 11.6. The maximum absolute atomic E-state index is 11.6. The molecule has 90 valence electrons. The third kappa shape index (κ3) is 6.47. The Balaban J connectivity index is 3.88. The standard InChI is InChI=1S/C11H24N2O2/c1-4-10(7-8-14)12-11(15)9-13(5-2)6-3/h10,14H,4-9H2,1-3H3,(H,12,15).